The predicted molar refractivity (Wildman–Crippen MR) is 87.1 cm³/mol. The van der Waals surface area contributed by atoms with Gasteiger partial charge in [0.1, 0.15) is 5.65 Å². The third-order valence-electron chi connectivity index (χ3n) is 3.44. The first kappa shape index (κ1) is 14.1. The number of aryl methyl sites for hydroxylation is 1. The van der Waals surface area contributed by atoms with Gasteiger partial charge in [0.25, 0.3) is 0 Å². The summed E-state index contributed by atoms with van der Waals surface area (Å²) in [6.45, 7) is 2.59. The van der Waals surface area contributed by atoms with Crippen molar-refractivity contribution in [2.45, 2.75) is 13.3 Å². The maximum atomic E-state index is 11.8. The summed E-state index contributed by atoms with van der Waals surface area (Å²) in [5.41, 5.74) is 3.83. The van der Waals surface area contributed by atoms with Crippen LogP contribution in [0.5, 0.6) is 0 Å². The Morgan fingerprint density at radius 3 is 2.73 bits per heavy atom. The molecule has 0 bridgehead atoms. The molecule has 0 saturated carbocycles. The highest BCUT2D eigenvalue weighted by molar-refractivity contribution is 5.89. The van der Waals surface area contributed by atoms with Gasteiger partial charge in [0.15, 0.2) is 0 Å². The van der Waals surface area contributed by atoms with Gasteiger partial charge in [-0.2, -0.15) is 0 Å². The number of imidazole rings is 1. The standard InChI is InChI=1S/C17H18N4O/c1-13-6-5-9-16-19-15(12-21(13)16)10-11-18-17(22)20-14-7-3-2-4-8-14/h2-9,12H,10-11H2,1H3,(H2,18,20,22). The topological polar surface area (TPSA) is 58.4 Å². The van der Waals surface area contributed by atoms with E-state index in [1.807, 2.05) is 61.7 Å². The minimum absolute atomic E-state index is 0.203. The molecule has 2 N–H and O–H groups in total. The Bertz CT molecular complexity index is 780. The smallest absolute Gasteiger partial charge is 0.319 e. The van der Waals surface area contributed by atoms with Gasteiger partial charge >= 0.3 is 6.03 Å². The molecule has 2 amide bonds. The Morgan fingerprint density at radius 1 is 1.14 bits per heavy atom. The highest BCUT2D eigenvalue weighted by Crippen LogP contribution is 2.08. The maximum Gasteiger partial charge on any atom is 0.319 e. The first-order valence-corrected chi connectivity index (χ1v) is 7.26. The maximum absolute atomic E-state index is 11.8. The van der Waals surface area contributed by atoms with Crippen molar-refractivity contribution in [1.82, 2.24) is 14.7 Å². The van der Waals surface area contributed by atoms with E-state index >= 15 is 0 Å². The first-order valence-electron chi connectivity index (χ1n) is 7.26. The normalized spacial score (nSPS) is 10.6. The monoisotopic (exact) mass is 294 g/mol. The molecule has 0 aliphatic heterocycles. The Kier molecular flexibility index (Phi) is 4.05. The molecule has 0 aliphatic rings. The molecule has 5 heteroatoms. The van der Waals surface area contributed by atoms with Crippen LogP contribution < -0.4 is 10.6 Å². The van der Waals surface area contributed by atoms with Crippen molar-refractivity contribution in [1.29, 1.82) is 0 Å². The lowest BCUT2D eigenvalue weighted by atomic mass is 10.3. The summed E-state index contributed by atoms with van der Waals surface area (Å²) in [4.78, 5) is 16.3. The Morgan fingerprint density at radius 2 is 1.95 bits per heavy atom. The number of amides is 2. The lowest BCUT2D eigenvalue weighted by Gasteiger charge is -2.06. The number of carbonyl (C=O) groups excluding carboxylic acids is 1. The van der Waals surface area contributed by atoms with Crippen LogP contribution in [0.1, 0.15) is 11.4 Å². The van der Waals surface area contributed by atoms with E-state index in [1.54, 1.807) is 0 Å². The molecule has 2 aromatic heterocycles. The van der Waals surface area contributed by atoms with Crippen molar-refractivity contribution in [3.63, 3.8) is 0 Å². The number of nitrogens with one attached hydrogen (secondary N) is 2. The van der Waals surface area contributed by atoms with Crippen LogP contribution in [-0.4, -0.2) is 22.0 Å². The van der Waals surface area contributed by atoms with Gasteiger partial charge in [-0.3, -0.25) is 0 Å². The zero-order valence-corrected chi connectivity index (χ0v) is 12.4. The molecule has 0 fully saturated rings. The molecule has 0 spiro atoms. The van der Waals surface area contributed by atoms with Crippen LogP contribution in [0.15, 0.2) is 54.7 Å². The van der Waals surface area contributed by atoms with Crippen LogP contribution in [0.4, 0.5) is 10.5 Å². The number of pyridine rings is 1. The Balaban J connectivity index is 1.54. The minimum atomic E-state index is -0.203. The molecule has 22 heavy (non-hydrogen) atoms. The predicted octanol–water partition coefficient (Wildman–Crippen LogP) is 3.01. The third kappa shape index (κ3) is 3.25. The number of urea groups is 1. The van der Waals surface area contributed by atoms with E-state index in [2.05, 4.69) is 20.0 Å². The molecule has 0 unspecified atom stereocenters. The van der Waals surface area contributed by atoms with Crippen LogP contribution in [0.3, 0.4) is 0 Å². The van der Waals surface area contributed by atoms with Crippen LogP contribution in [0, 0.1) is 6.92 Å². The molecular formula is C17H18N4O. The molecule has 0 aliphatic carbocycles. The lowest BCUT2D eigenvalue weighted by molar-refractivity contribution is 0.252. The van der Waals surface area contributed by atoms with Gasteiger partial charge in [0.2, 0.25) is 0 Å². The molecule has 3 rings (SSSR count). The summed E-state index contributed by atoms with van der Waals surface area (Å²) in [5.74, 6) is 0. The average molecular weight is 294 g/mol. The second kappa shape index (κ2) is 6.30. The van der Waals surface area contributed by atoms with Gasteiger partial charge < -0.3 is 15.0 Å². The van der Waals surface area contributed by atoms with Gasteiger partial charge in [-0.1, -0.05) is 24.3 Å². The van der Waals surface area contributed by atoms with Gasteiger partial charge in [-0.15, -0.1) is 0 Å². The molecule has 5 nitrogen and oxygen atoms in total. The van der Waals surface area contributed by atoms with Gasteiger partial charge in [-0.25, -0.2) is 9.78 Å². The highest BCUT2D eigenvalue weighted by atomic mass is 16.2. The van der Waals surface area contributed by atoms with Crippen molar-refractivity contribution < 1.29 is 4.79 Å². The third-order valence-corrected chi connectivity index (χ3v) is 3.44. The molecule has 3 aromatic rings. The fourth-order valence-electron chi connectivity index (χ4n) is 2.32. The zero-order valence-electron chi connectivity index (χ0n) is 12.4. The van der Waals surface area contributed by atoms with Crippen LogP contribution in [-0.2, 0) is 6.42 Å². The van der Waals surface area contributed by atoms with Crippen LogP contribution in [0.2, 0.25) is 0 Å². The molecule has 112 valence electrons. The Hall–Kier alpha value is -2.82. The number of para-hydroxylation sites is 1. The van der Waals surface area contributed by atoms with E-state index in [0.717, 1.165) is 22.7 Å². The van der Waals surface area contributed by atoms with E-state index in [-0.39, 0.29) is 6.03 Å². The van der Waals surface area contributed by atoms with E-state index in [9.17, 15) is 4.79 Å². The van der Waals surface area contributed by atoms with Crippen LogP contribution >= 0.6 is 0 Å². The second-order valence-electron chi connectivity index (χ2n) is 5.12. The molecule has 0 radical (unpaired) electrons. The number of fused-ring (bicyclic) bond motifs is 1. The summed E-state index contributed by atoms with van der Waals surface area (Å²) < 4.78 is 2.05. The average Bonchev–Trinajstić information content (AvgIpc) is 2.93. The van der Waals surface area contributed by atoms with Crippen molar-refractivity contribution in [3.8, 4) is 0 Å². The van der Waals surface area contributed by atoms with Gasteiger partial charge in [0, 0.05) is 30.5 Å². The number of carbonyl (C=O) groups is 1. The SMILES string of the molecule is Cc1cccc2nc(CCNC(=O)Nc3ccccc3)cn12. The largest absolute Gasteiger partial charge is 0.337 e. The second-order valence-corrected chi connectivity index (χ2v) is 5.12. The van der Waals surface area contributed by atoms with E-state index in [0.29, 0.717) is 13.0 Å². The fraction of sp³-hybridized carbons (Fsp3) is 0.176. The van der Waals surface area contributed by atoms with Crippen LogP contribution in [0.25, 0.3) is 5.65 Å². The van der Waals surface area contributed by atoms with Crippen molar-refractivity contribution in [3.05, 3.63) is 66.1 Å². The molecule has 1 aromatic carbocycles. The molecule has 0 saturated heterocycles. The number of nitrogens with zero attached hydrogens (tertiary/aromatic N) is 2. The number of rotatable bonds is 4. The molecular weight excluding hydrogens is 276 g/mol. The number of benzene rings is 1. The van der Waals surface area contributed by atoms with E-state index in [1.165, 1.54) is 0 Å². The fourth-order valence-corrected chi connectivity index (χ4v) is 2.32. The Labute approximate surface area is 129 Å². The highest BCUT2D eigenvalue weighted by Gasteiger charge is 2.04. The summed E-state index contributed by atoms with van der Waals surface area (Å²) in [6, 6.07) is 15.2. The summed E-state index contributed by atoms with van der Waals surface area (Å²) in [6.07, 6.45) is 2.71. The molecule has 2 heterocycles. The number of anilines is 1. The number of hydrogen-bond donors (Lipinski definition) is 2. The van der Waals surface area contributed by atoms with E-state index < -0.39 is 0 Å². The van der Waals surface area contributed by atoms with Crippen molar-refractivity contribution >= 4 is 17.4 Å². The van der Waals surface area contributed by atoms with Crippen molar-refractivity contribution in [2.24, 2.45) is 0 Å². The first-order chi connectivity index (χ1) is 10.7. The van der Waals surface area contributed by atoms with Gasteiger partial charge in [0.05, 0.1) is 5.69 Å². The quantitative estimate of drug-likeness (QED) is 0.777. The summed E-state index contributed by atoms with van der Waals surface area (Å²) in [7, 11) is 0. The van der Waals surface area contributed by atoms with Crippen molar-refractivity contribution in [2.75, 3.05) is 11.9 Å². The van der Waals surface area contributed by atoms with E-state index in [4.69, 9.17) is 0 Å². The minimum Gasteiger partial charge on any atom is -0.337 e. The summed E-state index contributed by atoms with van der Waals surface area (Å²) >= 11 is 0. The zero-order chi connectivity index (χ0) is 15.4. The summed E-state index contributed by atoms with van der Waals surface area (Å²) in [5, 5.41) is 5.63. The number of hydrogen-bond acceptors (Lipinski definition) is 2. The van der Waals surface area contributed by atoms with Gasteiger partial charge in [-0.05, 0) is 31.2 Å². The number of aromatic nitrogens is 2. The lowest BCUT2D eigenvalue weighted by Crippen LogP contribution is -2.30. The molecule has 0 atom stereocenters.